The summed E-state index contributed by atoms with van der Waals surface area (Å²) in [4.78, 5) is 14.0. The number of amides is 1. The van der Waals surface area contributed by atoms with E-state index in [4.69, 9.17) is 9.47 Å². The maximum absolute atomic E-state index is 12.8. The quantitative estimate of drug-likeness (QED) is 0.818. The number of likely N-dealkylation sites (tertiary alicyclic amines) is 1. The van der Waals surface area contributed by atoms with Gasteiger partial charge >= 0.3 is 0 Å². The van der Waals surface area contributed by atoms with Gasteiger partial charge in [0.1, 0.15) is 11.6 Å². The molecule has 24 heavy (non-hydrogen) atoms. The van der Waals surface area contributed by atoms with E-state index in [1.807, 2.05) is 30.3 Å². The molecule has 126 valence electrons. The molecule has 0 N–H and O–H groups in total. The fourth-order valence-corrected chi connectivity index (χ4v) is 2.53. The fraction of sp³-hybridized carbons (Fsp3) is 0.316. The topological polar surface area (TPSA) is 38.8 Å². The summed E-state index contributed by atoms with van der Waals surface area (Å²) in [5.41, 5.74) is 0.918. The van der Waals surface area contributed by atoms with E-state index in [0.29, 0.717) is 25.4 Å². The summed E-state index contributed by atoms with van der Waals surface area (Å²) >= 11 is 0. The number of nitrogens with zero attached hydrogens (tertiary/aromatic N) is 1. The van der Waals surface area contributed by atoms with Crippen LogP contribution in [0.3, 0.4) is 0 Å². The van der Waals surface area contributed by atoms with Crippen LogP contribution in [0.5, 0.6) is 5.75 Å². The minimum Gasteiger partial charge on any atom is -0.481 e. The van der Waals surface area contributed by atoms with Crippen LogP contribution in [0.2, 0.25) is 0 Å². The summed E-state index contributed by atoms with van der Waals surface area (Å²) in [6.07, 6.45) is -0.506. The maximum Gasteiger partial charge on any atom is 0.263 e. The molecule has 1 aliphatic rings. The molecule has 1 amide bonds. The van der Waals surface area contributed by atoms with E-state index in [-0.39, 0.29) is 17.8 Å². The zero-order valence-corrected chi connectivity index (χ0v) is 13.5. The molecule has 0 radical (unpaired) electrons. The highest BCUT2D eigenvalue weighted by Gasteiger charge is 2.34. The van der Waals surface area contributed by atoms with Crippen LogP contribution in [-0.4, -0.2) is 36.1 Å². The predicted molar refractivity (Wildman–Crippen MR) is 88.1 cm³/mol. The van der Waals surface area contributed by atoms with Crippen molar-refractivity contribution in [2.75, 3.05) is 13.1 Å². The third-order valence-corrected chi connectivity index (χ3v) is 3.96. The molecule has 0 spiro atoms. The van der Waals surface area contributed by atoms with E-state index < -0.39 is 6.10 Å². The molecule has 5 heteroatoms. The second-order valence-corrected chi connectivity index (χ2v) is 5.88. The van der Waals surface area contributed by atoms with Crippen LogP contribution in [0.25, 0.3) is 0 Å². The van der Waals surface area contributed by atoms with Crippen molar-refractivity contribution in [1.82, 2.24) is 4.90 Å². The SMILES string of the molecule is CC(Oc1ccccc1)C(=O)N1CC(OCc2ccc(F)cc2)C1. The first-order valence-electron chi connectivity index (χ1n) is 7.98. The number of benzene rings is 2. The maximum atomic E-state index is 12.8. The summed E-state index contributed by atoms with van der Waals surface area (Å²) in [5, 5.41) is 0. The average molecular weight is 329 g/mol. The second-order valence-electron chi connectivity index (χ2n) is 5.88. The number of carbonyl (C=O) groups is 1. The van der Waals surface area contributed by atoms with Crippen LogP contribution >= 0.6 is 0 Å². The molecular weight excluding hydrogens is 309 g/mol. The van der Waals surface area contributed by atoms with Gasteiger partial charge in [0, 0.05) is 13.1 Å². The number of para-hydroxylation sites is 1. The Hall–Kier alpha value is -2.40. The van der Waals surface area contributed by atoms with E-state index in [0.717, 1.165) is 5.56 Å². The highest BCUT2D eigenvalue weighted by Crippen LogP contribution is 2.18. The molecule has 1 aliphatic heterocycles. The Morgan fingerprint density at radius 2 is 1.83 bits per heavy atom. The van der Waals surface area contributed by atoms with Crippen LogP contribution < -0.4 is 4.74 Å². The van der Waals surface area contributed by atoms with E-state index in [1.54, 1.807) is 24.0 Å². The number of halogens is 1. The zero-order valence-electron chi connectivity index (χ0n) is 13.5. The third-order valence-electron chi connectivity index (χ3n) is 3.96. The molecule has 0 bridgehead atoms. The normalized spacial score (nSPS) is 15.7. The summed E-state index contributed by atoms with van der Waals surface area (Å²) in [5.74, 6) is 0.384. The van der Waals surface area contributed by atoms with Crippen molar-refractivity contribution < 1.29 is 18.7 Å². The molecule has 2 aromatic carbocycles. The number of carbonyl (C=O) groups excluding carboxylic acids is 1. The van der Waals surface area contributed by atoms with E-state index >= 15 is 0 Å². The van der Waals surface area contributed by atoms with Crippen molar-refractivity contribution in [3.8, 4) is 5.75 Å². The van der Waals surface area contributed by atoms with Gasteiger partial charge < -0.3 is 14.4 Å². The third kappa shape index (κ3) is 4.11. The van der Waals surface area contributed by atoms with Crippen LogP contribution in [0.4, 0.5) is 4.39 Å². The van der Waals surface area contributed by atoms with Gasteiger partial charge in [0.2, 0.25) is 0 Å². The van der Waals surface area contributed by atoms with E-state index in [9.17, 15) is 9.18 Å². The first-order valence-corrected chi connectivity index (χ1v) is 7.98. The van der Waals surface area contributed by atoms with Gasteiger partial charge in [0.05, 0.1) is 12.7 Å². The average Bonchev–Trinajstić information content (AvgIpc) is 2.55. The van der Waals surface area contributed by atoms with Gasteiger partial charge in [-0.25, -0.2) is 4.39 Å². The summed E-state index contributed by atoms with van der Waals surface area (Å²) in [6.45, 7) is 3.29. The van der Waals surface area contributed by atoms with Crippen molar-refractivity contribution in [1.29, 1.82) is 0 Å². The second kappa shape index (κ2) is 7.45. The fourth-order valence-electron chi connectivity index (χ4n) is 2.53. The van der Waals surface area contributed by atoms with Gasteiger partial charge in [0.25, 0.3) is 5.91 Å². The largest absolute Gasteiger partial charge is 0.481 e. The van der Waals surface area contributed by atoms with E-state index in [2.05, 4.69) is 0 Å². The Balaban J connectivity index is 1.40. The summed E-state index contributed by atoms with van der Waals surface area (Å²) in [7, 11) is 0. The van der Waals surface area contributed by atoms with E-state index in [1.165, 1.54) is 12.1 Å². The van der Waals surface area contributed by atoms with Crippen LogP contribution in [-0.2, 0) is 16.1 Å². The molecule has 0 aromatic heterocycles. The van der Waals surface area contributed by atoms with Crippen LogP contribution in [0, 0.1) is 5.82 Å². The van der Waals surface area contributed by atoms with Crippen molar-refractivity contribution in [3.63, 3.8) is 0 Å². The van der Waals surface area contributed by atoms with Gasteiger partial charge in [-0.15, -0.1) is 0 Å². The minimum absolute atomic E-state index is 0.0166. The Kier molecular flexibility index (Phi) is 5.11. The molecule has 2 aromatic rings. The highest BCUT2D eigenvalue weighted by molar-refractivity contribution is 5.81. The van der Waals surface area contributed by atoms with Crippen LogP contribution in [0.15, 0.2) is 54.6 Å². The van der Waals surface area contributed by atoms with Crippen molar-refractivity contribution >= 4 is 5.91 Å². The number of hydrogen-bond donors (Lipinski definition) is 0. The lowest BCUT2D eigenvalue weighted by molar-refractivity contribution is -0.152. The smallest absolute Gasteiger partial charge is 0.263 e. The number of hydrogen-bond acceptors (Lipinski definition) is 3. The molecule has 0 aliphatic carbocycles. The monoisotopic (exact) mass is 329 g/mol. The van der Waals surface area contributed by atoms with Crippen molar-refractivity contribution in [2.24, 2.45) is 0 Å². The molecule has 1 unspecified atom stereocenters. The summed E-state index contributed by atoms with van der Waals surface area (Å²) in [6, 6.07) is 15.5. The lowest BCUT2D eigenvalue weighted by Gasteiger charge is -2.40. The van der Waals surface area contributed by atoms with Gasteiger partial charge in [0.15, 0.2) is 6.10 Å². The predicted octanol–water partition coefficient (Wildman–Crippen LogP) is 3.02. The first-order chi connectivity index (χ1) is 11.6. The van der Waals surface area contributed by atoms with Gasteiger partial charge in [-0.2, -0.15) is 0 Å². The van der Waals surface area contributed by atoms with Crippen molar-refractivity contribution in [2.45, 2.75) is 25.7 Å². The van der Waals surface area contributed by atoms with Gasteiger partial charge in [-0.05, 0) is 36.8 Å². The molecule has 1 heterocycles. The molecule has 3 rings (SSSR count). The lowest BCUT2D eigenvalue weighted by atomic mass is 10.1. The molecule has 1 atom stereocenters. The van der Waals surface area contributed by atoms with Gasteiger partial charge in [-0.1, -0.05) is 30.3 Å². The lowest BCUT2D eigenvalue weighted by Crippen LogP contribution is -2.57. The standard InChI is InChI=1S/C19H20FNO3/c1-14(24-17-5-3-2-4-6-17)19(22)21-11-18(12-21)23-13-15-7-9-16(20)10-8-15/h2-10,14,18H,11-13H2,1H3. The number of ether oxygens (including phenoxy) is 2. The highest BCUT2D eigenvalue weighted by atomic mass is 19.1. The first kappa shape index (κ1) is 16.5. The van der Waals surface area contributed by atoms with Gasteiger partial charge in [-0.3, -0.25) is 4.79 Å². The summed E-state index contributed by atoms with van der Waals surface area (Å²) < 4.78 is 24.2. The Labute approximate surface area is 140 Å². The van der Waals surface area contributed by atoms with Crippen molar-refractivity contribution in [3.05, 3.63) is 66.0 Å². The minimum atomic E-state index is -0.523. The molecule has 1 saturated heterocycles. The van der Waals surface area contributed by atoms with Crippen LogP contribution in [0.1, 0.15) is 12.5 Å². The zero-order chi connectivity index (χ0) is 16.9. The molecule has 4 nitrogen and oxygen atoms in total. The molecular formula is C19H20FNO3. The Bertz CT molecular complexity index is 669. The molecule has 1 fully saturated rings. The molecule has 0 saturated carbocycles. The Morgan fingerprint density at radius 3 is 2.50 bits per heavy atom. The Morgan fingerprint density at radius 1 is 1.17 bits per heavy atom. The number of rotatable bonds is 6.